The molecule has 1 heterocycles. The first-order chi connectivity index (χ1) is 10.1. The molecule has 0 spiro atoms. The van der Waals surface area contributed by atoms with Gasteiger partial charge in [0.05, 0.1) is 11.3 Å². The Bertz CT molecular complexity index is 729. The van der Waals surface area contributed by atoms with E-state index in [1.54, 1.807) is 12.3 Å². The van der Waals surface area contributed by atoms with Crippen LogP contribution < -0.4 is 0 Å². The van der Waals surface area contributed by atoms with Crippen LogP contribution in [0, 0.1) is 6.92 Å². The fraction of sp³-hybridized carbons (Fsp3) is 0.222. The quantitative estimate of drug-likeness (QED) is 0.929. The van der Waals surface area contributed by atoms with Gasteiger partial charge in [-0.25, -0.2) is 4.79 Å². The van der Waals surface area contributed by atoms with Gasteiger partial charge in [-0.3, -0.25) is 4.98 Å². The predicted octanol–water partition coefficient (Wildman–Crippen LogP) is 3.83. The Morgan fingerprint density at radius 1 is 1.24 bits per heavy atom. The highest BCUT2D eigenvalue weighted by Crippen LogP contribution is 2.35. The number of fused-ring (bicyclic) bond motifs is 1. The van der Waals surface area contributed by atoms with Crippen molar-refractivity contribution in [3.8, 4) is 0 Å². The summed E-state index contributed by atoms with van der Waals surface area (Å²) in [6.45, 7) is 4.23. The molecule has 3 heteroatoms. The van der Waals surface area contributed by atoms with Crippen LogP contribution in [0.1, 0.15) is 45.6 Å². The van der Waals surface area contributed by atoms with Gasteiger partial charge >= 0.3 is 5.97 Å². The number of carbonyl (C=O) groups is 1. The summed E-state index contributed by atoms with van der Waals surface area (Å²) in [6.07, 6.45) is 4.27. The Labute approximate surface area is 124 Å². The fourth-order valence-electron chi connectivity index (χ4n) is 2.80. The second kappa shape index (κ2) is 5.17. The maximum atomic E-state index is 11.3. The van der Waals surface area contributed by atoms with Gasteiger partial charge in [0.1, 0.15) is 0 Å². The fourth-order valence-corrected chi connectivity index (χ4v) is 2.80. The number of rotatable bonds is 3. The third-order valence-electron chi connectivity index (χ3n) is 4.16. The molecule has 1 unspecified atom stereocenters. The molecule has 0 saturated heterocycles. The van der Waals surface area contributed by atoms with E-state index in [0.717, 1.165) is 11.3 Å². The molecule has 106 valence electrons. The van der Waals surface area contributed by atoms with Crippen molar-refractivity contribution in [2.75, 3.05) is 0 Å². The Hall–Kier alpha value is -2.42. The summed E-state index contributed by atoms with van der Waals surface area (Å²) in [7, 11) is 0. The summed E-state index contributed by atoms with van der Waals surface area (Å²) in [5, 5.41) is 9.27. The monoisotopic (exact) mass is 279 g/mol. The molecule has 2 aromatic rings. The van der Waals surface area contributed by atoms with Gasteiger partial charge in [-0.1, -0.05) is 42.3 Å². The van der Waals surface area contributed by atoms with Crippen molar-refractivity contribution < 1.29 is 9.90 Å². The van der Waals surface area contributed by atoms with Crippen molar-refractivity contribution >= 4 is 12.0 Å². The Morgan fingerprint density at radius 3 is 2.62 bits per heavy atom. The number of hydrogen-bond acceptors (Lipinski definition) is 2. The first-order valence-corrected chi connectivity index (χ1v) is 7.04. The van der Waals surface area contributed by atoms with Gasteiger partial charge in [0, 0.05) is 12.1 Å². The van der Waals surface area contributed by atoms with Crippen molar-refractivity contribution in [1.82, 2.24) is 4.98 Å². The number of aromatic nitrogens is 1. The topological polar surface area (TPSA) is 50.2 Å². The molecule has 1 N–H and O–H groups in total. The molecule has 0 fully saturated rings. The highest BCUT2D eigenvalue weighted by Gasteiger charge is 2.24. The number of carboxylic acid groups (broad SMARTS) is 1. The SMILES string of the molecule is Cc1ccc(C(C)C2=Cc3nccc(C(=O)O)c3C2)cc1. The van der Waals surface area contributed by atoms with E-state index in [9.17, 15) is 9.90 Å². The van der Waals surface area contributed by atoms with Gasteiger partial charge in [0.2, 0.25) is 0 Å². The number of aromatic carboxylic acids is 1. The minimum atomic E-state index is -0.883. The second-order valence-corrected chi connectivity index (χ2v) is 5.56. The summed E-state index contributed by atoms with van der Waals surface area (Å²) in [5.41, 5.74) is 5.70. The molecule has 1 aliphatic rings. The van der Waals surface area contributed by atoms with Crippen LogP contribution in [0.15, 0.2) is 42.1 Å². The lowest BCUT2D eigenvalue weighted by atomic mass is 9.91. The van der Waals surface area contributed by atoms with Crippen LogP contribution in [-0.2, 0) is 6.42 Å². The van der Waals surface area contributed by atoms with E-state index in [4.69, 9.17) is 0 Å². The molecular weight excluding hydrogens is 262 g/mol. The van der Waals surface area contributed by atoms with E-state index in [1.165, 1.54) is 16.7 Å². The summed E-state index contributed by atoms with van der Waals surface area (Å²) >= 11 is 0. The van der Waals surface area contributed by atoms with Gasteiger partial charge in [0.25, 0.3) is 0 Å². The van der Waals surface area contributed by atoms with Crippen LogP contribution in [0.3, 0.4) is 0 Å². The van der Waals surface area contributed by atoms with E-state index in [-0.39, 0.29) is 5.92 Å². The van der Waals surface area contributed by atoms with Gasteiger partial charge < -0.3 is 5.11 Å². The number of allylic oxidation sites excluding steroid dienone is 1. The smallest absolute Gasteiger partial charge is 0.336 e. The van der Waals surface area contributed by atoms with Gasteiger partial charge in [-0.05, 0) is 36.6 Å². The number of nitrogens with zero attached hydrogens (tertiary/aromatic N) is 1. The van der Waals surface area contributed by atoms with Crippen molar-refractivity contribution in [2.45, 2.75) is 26.2 Å². The first-order valence-electron chi connectivity index (χ1n) is 7.04. The minimum absolute atomic E-state index is 0.265. The van der Waals surface area contributed by atoms with Gasteiger partial charge in [-0.2, -0.15) is 0 Å². The summed E-state index contributed by atoms with van der Waals surface area (Å²) < 4.78 is 0. The zero-order valence-corrected chi connectivity index (χ0v) is 12.1. The Morgan fingerprint density at radius 2 is 1.95 bits per heavy atom. The van der Waals surface area contributed by atoms with Crippen molar-refractivity contribution in [2.24, 2.45) is 0 Å². The Balaban J connectivity index is 1.91. The predicted molar refractivity (Wildman–Crippen MR) is 82.5 cm³/mol. The summed E-state index contributed by atoms with van der Waals surface area (Å²) in [4.78, 5) is 15.6. The first kappa shape index (κ1) is 13.6. The van der Waals surface area contributed by atoms with E-state index >= 15 is 0 Å². The third-order valence-corrected chi connectivity index (χ3v) is 4.16. The maximum absolute atomic E-state index is 11.3. The van der Waals surface area contributed by atoms with E-state index in [0.29, 0.717) is 12.0 Å². The van der Waals surface area contributed by atoms with Crippen LogP contribution in [0.25, 0.3) is 6.08 Å². The van der Waals surface area contributed by atoms with Gasteiger partial charge in [-0.15, -0.1) is 0 Å². The van der Waals surface area contributed by atoms with Gasteiger partial charge in [0.15, 0.2) is 0 Å². The normalized spacial score (nSPS) is 14.5. The van der Waals surface area contributed by atoms with E-state index < -0.39 is 5.97 Å². The lowest BCUT2D eigenvalue weighted by Crippen LogP contribution is -2.05. The molecular formula is C18H17NO2. The molecule has 3 nitrogen and oxygen atoms in total. The molecule has 1 aromatic heterocycles. The highest BCUT2D eigenvalue weighted by atomic mass is 16.4. The number of benzene rings is 1. The number of pyridine rings is 1. The highest BCUT2D eigenvalue weighted by molar-refractivity contribution is 5.91. The van der Waals surface area contributed by atoms with Crippen molar-refractivity contribution in [3.63, 3.8) is 0 Å². The molecule has 3 rings (SSSR count). The van der Waals surface area contributed by atoms with Crippen LogP contribution in [0.2, 0.25) is 0 Å². The number of aryl methyl sites for hydroxylation is 1. The minimum Gasteiger partial charge on any atom is -0.478 e. The summed E-state index contributed by atoms with van der Waals surface area (Å²) in [5.74, 6) is -0.618. The van der Waals surface area contributed by atoms with Crippen molar-refractivity contribution in [1.29, 1.82) is 0 Å². The lowest BCUT2D eigenvalue weighted by Gasteiger charge is -2.14. The van der Waals surface area contributed by atoms with Crippen LogP contribution >= 0.6 is 0 Å². The molecule has 21 heavy (non-hydrogen) atoms. The van der Waals surface area contributed by atoms with Crippen LogP contribution in [0.5, 0.6) is 0 Å². The molecule has 1 atom stereocenters. The number of hydrogen-bond donors (Lipinski definition) is 1. The van der Waals surface area contributed by atoms with Crippen LogP contribution in [-0.4, -0.2) is 16.1 Å². The molecule has 1 aromatic carbocycles. The van der Waals surface area contributed by atoms with E-state index in [1.807, 2.05) is 6.08 Å². The Kier molecular flexibility index (Phi) is 3.34. The average Bonchev–Trinajstić information content (AvgIpc) is 2.90. The largest absolute Gasteiger partial charge is 0.478 e. The molecule has 1 aliphatic carbocycles. The molecule has 0 bridgehead atoms. The van der Waals surface area contributed by atoms with Crippen LogP contribution in [0.4, 0.5) is 0 Å². The maximum Gasteiger partial charge on any atom is 0.336 e. The molecule has 0 aliphatic heterocycles. The second-order valence-electron chi connectivity index (χ2n) is 5.56. The molecule has 0 amide bonds. The zero-order chi connectivity index (χ0) is 15.0. The van der Waals surface area contributed by atoms with Crippen molar-refractivity contribution in [3.05, 3.63) is 70.0 Å². The zero-order valence-electron chi connectivity index (χ0n) is 12.1. The lowest BCUT2D eigenvalue weighted by molar-refractivity contribution is 0.0695. The summed E-state index contributed by atoms with van der Waals surface area (Å²) in [6, 6.07) is 10.1. The van der Waals surface area contributed by atoms with E-state index in [2.05, 4.69) is 43.1 Å². The number of carboxylic acids is 1. The molecule has 0 radical (unpaired) electrons. The third kappa shape index (κ3) is 2.47. The average molecular weight is 279 g/mol. The standard InChI is InChI=1S/C18H17NO2/c1-11-3-5-13(6-4-11)12(2)14-9-16-15(18(20)21)7-8-19-17(16)10-14/h3-8,10,12H,9H2,1-2H3,(H,20,21). The molecule has 0 saturated carbocycles.